The smallest absolute Gasteiger partial charge is 0.139 e. The second kappa shape index (κ2) is 7.47. The molecule has 1 aromatic carbocycles. The second-order valence-corrected chi connectivity index (χ2v) is 11.6. The Labute approximate surface area is 183 Å². The number of rotatable bonds is 4. The fraction of sp³-hybridized carbons (Fsp3) is 0.750. The molecule has 5 rings (SSSR count). The highest BCUT2D eigenvalue weighted by Crippen LogP contribution is 2.66. The minimum Gasteiger partial charge on any atom is -0.375 e. The summed E-state index contributed by atoms with van der Waals surface area (Å²) in [5.41, 5.74) is 1.87. The van der Waals surface area contributed by atoms with E-state index in [1.54, 1.807) is 0 Å². The average Bonchev–Trinajstić information content (AvgIpc) is 3.04. The largest absolute Gasteiger partial charge is 0.375 e. The molecule has 1 unspecified atom stereocenters. The highest BCUT2D eigenvalue weighted by atomic mass is 16.5. The molecule has 0 aromatic heterocycles. The molecule has 30 heavy (non-hydrogen) atoms. The van der Waals surface area contributed by atoms with Crippen molar-refractivity contribution in [1.82, 2.24) is 0 Å². The van der Waals surface area contributed by atoms with E-state index in [4.69, 9.17) is 4.74 Å². The molecule has 0 N–H and O–H groups in total. The van der Waals surface area contributed by atoms with Gasteiger partial charge in [0.15, 0.2) is 0 Å². The first-order valence-electron chi connectivity index (χ1n) is 12.6. The quantitative estimate of drug-likeness (QED) is 0.560. The maximum absolute atomic E-state index is 12.7. The van der Waals surface area contributed by atoms with Gasteiger partial charge in [0.2, 0.25) is 0 Å². The number of ketones is 1. The molecular formula is C28H40O2. The standard InChI is InChI=1S/C28H40O2/c1-4-30-28(18-20-8-6-5-7-9-20)17-16-26(2)21(19-28)10-11-22-23-12-13-25(29)27(23,3)15-14-24(22)26/h5-9,21-24H,4,10-19H2,1-3H3/t21?,22-,23-,24-,26-,27-,28-/m0/s1. The van der Waals surface area contributed by atoms with Crippen LogP contribution in [0.3, 0.4) is 0 Å². The van der Waals surface area contributed by atoms with Gasteiger partial charge in [0.1, 0.15) is 5.78 Å². The number of hydrogen-bond acceptors (Lipinski definition) is 2. The molecule has 0 amide bonds. The lowest BCUT2D eigenvalue weighted by molar-refractivity contribution is -0.165. The third kappa shape index (κ3) is 3.12. The molecular weight excluding hydrogens is 368 g/mol. The van der Waals surface area contributed by atoms with E-state index in [1.165, 1.54) is 44.1 Å². The molecule has 2 heteroatoms. The van der Waals surface area contributed by atoms with Gasteiger partial charge in [-0.2, -0.15) is 0 Å². The Morgan fingerprint density at radius 2 is 1.77 bits per heavy atom. The van der Waals surface area contributed by atoms with Crippen LogP contribution in [0.4, 0.5) is 0 Å². The highest BCUT2D eigenvalue weighted by molar-refractivity contribution is 5.87. The Kier molecular flexibility index (Phi) is 5.16. The number of carbonyl (C=O) groups excluding carboxylic acids is 1. The summed E-state index contributed by atoms with van der Waals surface area (Å²) in [7, 11) is 0. The summed E-state index contributed by atoms with van der Waals surface area (Å²) in [6.45, 7) is 7.90. The Hall–Kier alpha value is -1.15. The highest BCUT2D eigenvalue weighted by Gasteiger charge is 2.61. The summed E-state index contributed by atoms with van der Waals surface area (Å²) in [6.07, 6.45) is 11.8. The van der Waals surface area contributed by atoms with Crippen LogP contribution >= 0.6 is 0 Å². The molecule has 0 aliphatic heterocycles. The van der Waals surface area contributed by atoms with E-state index in [0.29, 0.717) is 17.1 Å². The van der Waals surface area contributed by atoms with Crippen molar-refractivity contribution in [3.05, 3.63) is 35.9 Å². The molecule has 0 bridgehead atoms. The van der Waals surface area contributed by atoms with Gasteiger partial charge in [-0.3, -0.25) is 4.79 Å². The third-order valence-corrected chi connectivity index (χ3v) is 10.3. The molecule has 0 spiro atoms. The molecule has 0 saturated heterocycles. The maximum Gasteiger partial charge on any atom is 0.139 e. The van der Waals surface area contributed by atoms with Crippen LogP contribution in [0.25, 0.3) is 0 Å². The Bertz CT molecular complexity index is 787. The monoisotopic (exact) mass is 408 g/mol. The predicted molar refractivity (Wildman–Crippen MR) is 121 cm³/mol. The zero-order chi connectivity index (χ0) is 21.0. The van der Waals surface area contributed by atoms with Gasteiger partial charge in [-0.1, -0.05) is 44.2 Å². The van der Waals surface area contributed by atoms with Crippen molar-refractivity contribution in [2.45, 2.75) is 90.6 Å². The Balaban J connectivity index is 1.38. The lowest BCUT2D eigenvalue weighted by Gasteiger charge is -2.62. The third-order valence-electron chi connectivity index (χ3n) is 10.3. The first-order valence-corrected chi connectivity index (χ1v) is 12.6. The van der Waals surface area contributed by atoms with Gasteiger partial charge in [0, 0.05) is 24.9 Å². The number of hydrogen-bond donors (Lipinski definition) is 0. The van der Waals surface area contributed by atoms with Gasteiger partial charge in [-0.15, -0.1) is 0 Å². The zero-order valence-electron chi connectivity index (χ0n) is 19.3. The summed E-state index contributed by atoms with van der Waals surface area (Å²) in [6, 6.07) is 11.0. The molecule has 7 atom stereocenters. The fourth-order valence-electron chi connectivity index (χ4n) is 8.70. The van der Waals surface area contributed by atoms with E-state index in [9.17, 15) is 4.79 Å². The molecule has 164 valence electrons. The van der Waals surface area contributed by atoms with Crippen molar-refractivity contribution in [2.24, 2.45) is 34.5 Å². The number of benzene rings is 1. The summed E-state index contributed by atoms with van der Waals surface area (Å²) < 4.78 is 6.56. The van der Waals surface area contributed by atoms with Crippen molar-refractivity contribution < 1.29 is 9.53 Å². The van der Waals surface area contributed by atoms with Crippen LogP contribution in [0.1, 0.15) is 84.1 Å². The molecule has 4 aliphatic carbocycles. The van der Waals surface area contributed by atoms with E-state index in [2.05, 4.69) is 51.1 Å². The van der Waals surface area contributed by atoms with Crippen LogP contribution in [-0.2, 0) is 16.0 Å². The first kappa shape index (κ1) is 20.7. The average molecular weight is 409 g/mol. The van der Waals surface area contributed by atoms with E-state index >= 15 is 0 Å². The fourth-order valence-corrected chi connectivity index (χ4v) is 8.70. The number of ether oxygens (including phenoxy) is 1. The van der Waals surface area contributed by atoms with E-state index < -0.39 is 0 Å². The zero-order valence-corrected chi connectivity index (χ0v) is 19.3. The topological polar surface area (TPSA) is 26.3 Å². The molecule has 0 heterocycles. The lowest BCUT2D eigenvalue weighted by atomic mass is 9.44. The summed E-state index contributed by atoms with van der Waals surface area (Å²) >= 11 is 0. The first-order chi connectivity index (χ1) is 14.4. The Morgan fingerprint density at radius 1 is 0.967 bits per heavy atom. The minimum atomic E-state index is 0.00141. The predicted octanol–water partition coefficient (Wildman–Crippen LogP) is 6.62. The SMILES string of the molecule is CCO[C@]1(Cc2ccccc2)CC[C@@]2(C)C(CC[C@@H]3[C@@H]2CC[C@]2(C)C(=O)CC[C@@H]32)C1. The summed E-state index contributed by atoms with van der Waals surface area (Å²) in [4.78, 5) is 12.7. The Morgan fingerprint density at radius 3 is 2.53 bits per heavy atom. The molecule has 0 radical (unpaired) electrons. The van der Waals surface area contributed by atoms with Crippen LogP contribution < -0.4 is 0 Å². The van der Waals surface area contributed by atoms with E-state index in [0.717, 1.165) is 50.0 Å². The minimum absolute atomic E-state index is 0.00141. The van der Waals surface area contributed by atoms with Gasteiger partial charge < -0.3 is 4.74 Å². The summed E-state index contributed by atoms with van der Waals surface area (Å²) in [5, 5.41) is 0. The van der Waals surface area contributed by atoms with E-state index in [-0.39, 0.29) is 11.0 Å². The molecule has 4 fully saturated rings. The van der Waals surface area contributed by atoms with Gasteiger partial charge in [0.25, 0.3) is 0 Å². The van der Waals surface area contributed by atoms with Gasteiger partial charge in [-0.05, 0) is 92.9 Å². The molecule has 4 aliphatic rings. The molecule has 1 aromatic rings. The van der Waals surface area contributed by atoms with E-state index in [1.807, 2.05) is 0 Å². The number of carbonyl (C=O) groups is 1. The van der Waals surface area contributed by atoms with Crippen LogP contribution in [0.2, 0.25) is 0 Å². The lowest BCUT2D eigenvalue weighted by Crippen LogP contribution is -2.56. The number of Topliss-reactive ketones (excluding diaryl/α,β-unsaturated/α-hetero) is 1. The van der Waals surface area contributed by atoms with Crippen LogP contribution in [0, 0.1) is 34.5 Å². The van der Waals surface area contributed by atoms with Gasteiger partial charge in [0.05, 0.1) is 5.60 Å². The molecule has 2 nitrogen and oxygen atoms in total. The normalized spacial score (nSPS) is 45.5. The van der Waals surface area contributed by atoms with Crippen LogP contribution in [0.5, 0.6) is 0 Å². The van der Waals surface area contributed by atoms with Crippen LogP contribution in [-0.4, -0.2) is 18.0 Å². The number of fused-ring (bicyclic) bond motifs is 5. The molecule has 4 saturated carbocycles. The van der Waals surface area contributed by atoms with Gasteiger partial charge >= 0.3 is 0 Å². The second-order valence-electron chi connectivity index (χ2n) is 11.6. The maximum atomic E-state index is 12.7. The van der Waals surface area contributed by atoms with Crippen molar-refractivity contribution in [2.75, 3.05) is 6.61 Å². The van der Waals surface area contributed by atoms with Crippen molar-refractivity contribution in [3.63, 3.8) is 0 Å². The van der Waals surface area contributed by atoms with Crippen molar-refractivity contribution in [3.8, 4) is 0 Å². The van der Waals surface area contributed by atoms with Gasteiger partial charge in [-0.25, -0.2) is 0 Å². The van der Waals surface area contributed by atoms with Crippen molar-refractivity contribution >= 4 is 5.78 Å². The van der Waals surface area contributed by atoms with Crippen LogP contribution in [0.15, 0.2) is 30.3 Å². The summed E-state index contributed by atoms with van der Waals surface area (Å²) in [5.74, 6) is 3.59. The van der Waals surface area contributed by atoms with Crippen molar-refractivity contribution in [1.29, 1.82) is 0 Å².